The average molecular weight is 290 g/mol. The molecule has 2 nitrogen and oxygen atoms in total. The van der Waals surface area contributed by atoms with E-state index in [2.05, 4.69) is 53.0 Å². The summed E-state index contributed by atoms with van der Waals surface area (Å²) in [7, 11) is 0. The van der Waals surface area contributed by atoms with Gasteiger partial charge in [-0.2, -0.15) is 0 Å². The molecule has 4 rings (SSSR count). The van der Waals surface area contributed by atoms with Crippen LogP contribution in [-0.2, 0) is 0 Å². The van der Waals surface area contributed by atoms with Crippen molar-refractivity contribution in [3.63, 3.8) is 0 Å². The quantitative estimate of drug-likeness (QED) is 0.511. The molecule has 0 spiro atoms. The lowest BCUT2D eigenvalue weighted by Crippen LogP contribution is -1.78. The minimum absolute atomic E-state index is 1.05. The number of pyridine rings is 1. The molecule has 3 heterocycles. The number of thiophene rings is 1. The molecule has 4 aromatic rings. The third-order valence-corrected chi connectivity index (χ3v) is 4.89. The maximum Gasteiger partial charge on any atom is 0.126 e. The fourth-order valence-corrected chi connectivity index (χ4v) is 3.87. The molecule has 1 N–H and O–H groups in total. The predicted octanol–water partition coefficient (Wildman–Crippen LogP) is 5.61. The topological polar surface area (TPSA) is 28.7 Å². The van der Waals surface area contributed by atoms with Gasteiger partial charge in [0.15, 0.2) is 0 Å². The number of H-pyrrole nitrogens is 1. The van der Waals surface area contributed by atoms with Gasteiger partial charge in [0.25, 0.3) is 0 Å². The Hall–Kier alpha value is -2.39. The molecule has 3 aromatic heterocycles. The van der Waals surface area contributed by atoms with Crippen LogP contribution in [0.3, 0.4) is 0 Å². The first kappa shape index (κ1) is 12.4. The summed E-state index contributed by atoms with van der Waals surface area (Å²) >= 11 is 1.69. The van der Waals surface area contributed by atoms with Crippen LogP contribution in [0.15, 0.2) is 43.1 Å². The molecule has 1 aromatic carbocycles. The summed E-state index contributed by atoms with van der Waals surface area (Å²) in [5.41, 5.74) is 3.52. The maximum absolute atomic E-state index is 4.66. The number of para-hydroxylation sites is 1. The maximum atomic E-state index is 4.66. The lowest BCUT2D eigenvalue weighted by Gasteiger charge is -1.96. The third kappa shape index (κ3) is 1.68. The smallest absolute Gasteiger partial charge is 0.126 e. The zero-order chi connectivity index (χ0) is 14.4. The standard InChI is InChI=1S/C18H14N2S/c1-3-7-12-15(4-2)21-18-16(12)17-13(10-19-18)11-8-5-6-9-14(11)20-17/h3-10,20H,2H2,1H3/b7-3-. The first-order valence-corrected chi connectivity index (χ1v) is 7.72. The van der Waals surface area contributed by atoms with Gasteiger partial charge in [-0.3, -0.25) is 0 Å². The Morgan fingerprint density at radius 2 is 2.10 bits per heavy atom. The van der Waals surface area contributed by atoms with Gasteiger partial charge in [0.2, 0.25) is 0 Å². The Bertz CT molecular complexity index is 1020. The van der Waals surface area contributed by atoms with Crippen LogP contribution in [0.1, 0.15) is 17.4 Å². The largest absolute Gasteiger partial charge is 0.354 e. The molecule has 0 aliphatic carbocycles. The molecule has 0 saturated heterocycles. The van der Waals surface area contributed by atoms with Crippen LogP contribution < -0.4 is 0 Å². The Kier molecular flexibility index (Phi) is 2.69. The second-order valence-electron chi connectivity index (χ2n) is 4.98. The Balaban J connectivity index is 2.27. The van der Waals surface area contributed by atoms with E-state index in [0.29, 0.717) is 0 Å². The summed E-state index contributed by atoms with van der Waals surface area (Å²) in [6.45, 7) is 5.97. The number of allylic oxidation sites excluding steroid dienone is 1. The number of nitrogens with zero attached hydrogens (tertiary/aromatic N) is 1. The van der Waals surface area contributed by atoms with Gasteiger partial charge in [-0.05, 0) is 13.0 Å². The number of hydrogen-bond acceptors (Lipinski definition) is 2. The van der Waals surface area contributed by atoms with Gasteiger partial charge >= 0.3 is 0 Å². The van der Waals surface area contributed by atoms with E-state index in [9.17, 15) is 0 Å². The van der Waals surface area contributed by atoms with Gasteiger partial charge < -0.3 is 4.98 Å². The molecule has 0 aliphatic heterocycles. The molecule has 0 amide bonds. The van der Waals surface area contributed by atoms with Crippen molar-refractivity contribution in [3.8, 4) is 0 Å². The minimum atomic E-state index is 1.05. The highest BCUT2D eigenvalue weighted by atomic mass is 32.1. The van der Waals surface area contributed by atoms with Gasteiger partial charge in [-0.25, -0.2) is 4.98 Å². The Labute approximate surface area is 126 Å². The first-order chi connectivity index (χ1) is 10.3. The number of nitrogens with one attached hydrogen (secondary N) is 1. The molecule has 102 valence electrons. The third-order valence-electron chi connectivity index (χ3n) is 3.78. The van der Waals surface area contributed by atoms with Crippen LogP contribution in [0.25, 0.3) is 44.2 Å². The van der Waals surface area contributed by atoms with Crippen molar-refractivity contribution in [3.05, 3.63) is 53.6 Å². The van der Waals surface area contributed by atoms with Gasteiger partial charge in [0.1, 0.15) is 4.83 Å². The molecular weight excluding hydrogens is 276 g/mol. The van der Waals surface area contributed by atoms with Gasteiger partial charge in [0, 0.05) is 38.3 Å². The molecule has 0 aliphatic rings. The minimum Gasteiger partial charge on any atom is -0.354 e. The van der Waals surface area contributed by atoms with Gasteiger partial charge in [0.05, 0.1) is 5.52 Å². The second kappa shape index (κ2) is 4.57. The number of hydrogen-bond donors (Lipinski definition) is 1. The van der Waals surface area contributed by atoms with E-state index in [1.165, 1.54) is 32.1 Å². The number of aromatic amines is 1. The summed E-state index contributed by atoms with van der Waals surface area (Å²) in [6.07, 6.45) is 8.09. The van der Waals surface area contributed by atoms with E-state index in [4.69, 9.17) is 0 Å². The SMILES string of the molecule is C=Cc1sc2ncc3c4ccccc4[nH]c3c2c1/C=C\C. The molecule has 0 radical (unpaired) electrons. The van der Waals surface area contributed by atoms with E-state index in [1.54, 1.807) is 11.3 Å². The molecule has 3 heteroatoms. The molecule has 0 unspecified atom stereocenters. The summed E-state index contributed by atoms with van der Waals surface area (Å²) in [6, 6.07) is 8.36. The van der Waals surface area contributed by atoms with Crippen LogP contribution in [-0.4, -0.2) is 9.97 Å². The summed E-state index contributed by atoms with van der Waals surface area (Å²) in [4.78, 5) is 10.4. The average Bonchev–Trinajstić information content (AvgIpc) is 3.05. The first-order valence-electron chi connectivity index (χ1n) is 6.90. The van der Waals surface area contributed by atoms with E-state index < -0.39 is 0 Å². The molecule has 0 bridgehead atoms. The number of rotatable bonds is 2. The van der Waals surface area contributed by atoms with Crippen LogP contribution >= 0.6 is 11.3 Å². The molecular formula is C18H14N2S. The zero-order valence-electron chi connectivity index (χ0n) is 11.7. The molecule has 0 saturated carbocycles. The second-order valence-corrected chi connectivity index (χ2v) is 6.01. The van der Waals surface area contributed by atoms with Crippen molar-refractivity contribution >= 4 is 55.5 Å². The fraction of sp³-hybridized carbons (Fsp3) is 0.0556. The highest BCUT2D eigenvalue weighted by molar-refractivity contribution is 7.20. The summed E-state index contributed by atoms with van der Waals surface area (Å²) in [5.74, 6) is 0. The van der Waals surface area contributed by atoms with Crippen molar-refractivity contribution in [2.45, 2.75) is 6.92 Å². The normalized spacial score (nSPS) is 12.0. The predicted molar refractivity (Wildman–Crippen MR) is 93.8 cm³/mol. The number of benzene rings is 1. The molecule has 0 fully saturated rings. The highest BCUT2D eigenvalue weighted by Gasteiger charge is 2.15. The lowest BCUT2D eigenvalue weighted by molar-refractivity contribution is 1.47. The fourth-order valence-electron chi connectivity index (χ4n) is 2.88. The van der Waals surface area contributed by atoms with Gasteiger partial charge in [-0.1, -0.05) is 43.0 Å². The zero-order valence-corrected chi connectivity index (χ0v) is 12.5. The lowest BCUT2D eigenvalue weighted by atomic mass is 10.1. The van der Waals surface area contributed by atoms with Crippen LogP contribution in [0.5, 0.6) is 0 Å². The van der Waals surface area contributed by atoms with Crippen LogP contribution in [0.2, 0.25) is 0 Å². The summed E-state index contributed by atoms with van der Waals surface area (Å²) in [5, 5.41) is 3.60. The van der Waals surface area contributed by atoms with E-state index in [0.717, 1.165) is 10.3 Å². The van der Waals surface area contributed by atoms with E-state index in [1.807, 2.05) is 19.2 Å². The van der Waals surface area contributed by atoms with E-state index in [-0.39, 0.29) is 0 Å². The van der Waals surface area contributed by atoms with Gasteiger partial charge in [-0.15, -0.1) is 11.3 Å². The van der Waals surface area contributed by atoms with Crippen LogP contribution in [0.4, 0.5) is 0 Å². The van der Waals surface area contributed by atoms with Crippen LogP contribution in [0, 0.1) is 0 Å². The van der Waals surface area contributed by atoms with Crippen molar-refractivity contribution in [2.24, 2.45) is 0 Å². The van der Waals surface area contributed by atoms with Crippen molar-refractivity contribution < 1.29 is 0 Å². The molecule has 0 atom stereocenters. The van der Waals surface area contributed by atoms with Crippen molar-refractivity contribution in [1.82, 2.24) is 9.97 Å². The van der Waals surface area contributed by atoms with Crippen molar-refractivity contribution in [2.75, 3.05) is 0 Å². The molecule has 21 heavy (non-hydrogen) atoms. The Morgan fingerprint density at radius 3 is 2.90 bits per heavy atom. The highest BCUT2D eigenvalue weighted by Crippen LogP contribution is 2.38. The number of aromatic nitrogens is 2. The number of fused-ring (bicyclic) bond motifs is 5. The monoisotopic (exact) mass is 290 g/mol. The van der Waals surface area contributed by atoms with Crippen molar-refractivity contribution in [1.29, 1.82) is 0 Å². The Morgan fingerprint density at radius 1 is 1.24 bits per heavy atom. The van der Waals surface area contributed by atoms with E-state index >= 15 is 0 Å². The summed E-state index contributed by atoms with van der Waals surface area (Å²) < 4.78 is 0.